The molecule has 30 heavy (non-hydrogen) atoms. The number of aliphatic hydroxyl groups excluding tert-OH is 1. The van der Waals surface area contributed by atoms with E-state index in [9.17, 15) is 14.7 Å². The van der Waals surface area contributed by atoms with Gasteiger partial charge in [-0.2, -0.15) is 0 Å². The van der Waals surface area contributed by atoms with Crippen molar-refractivity contribution in [2.24, 2.45) is 11.3 Å². The molecule has 5 rings (SSSR count). The fourth-order valence-corrected chi connectivity index (χ4v) is 5.06. The van der Waals surface area contributed by atoms with E-state index in [0.717, 1.165) is 12.1 Å². The van der Waals surface area contributed by atoms with Crippen LogP contribution in [-0.2, 0) is 4.79 Å². The minimum atomic E-state index is -0.524. The molecule has 3 aliphatic rings. The van der Waals surface area contributed by atoms with Crippen LogP contribution in [0.4, 0.5) is 0 Å². The summed E-state index contributed by atoms with van der Waals surface area (Å²) in [4.78, 5) is 37.6. The molecule has 7 heteroatoms. The first-order chi connectivity index (χ1) is 14.6. The second-order valence-corrected chi connectivity index (χ2v) is 9.07. The Hall–Kier alpha value is -2.67. The molecule has 7 nitrogen and oxygen atoms in total. The number of nitrogens with zero attached hydrogens (tertiary/aromatic N) is 3. The van der Waals surface area contributed by atoms with Crippen LogP contribution in [0.5, 0.6) is 0 Å². The van der Waals surface area contributed by atoms with Crippen molar-refractivity contribution >= 4 is 11.8 Å². The third kappa shape index (κ3) is 3.51. The zero-order valence-electron chi connectivity index (χ0n) is 17.1. The quantitative estimate of drug-likeness (QED) is 0.812. The predicted octanol–water partition coefficient (Wildman–Crippen LogP) is 2.30. The van der Waals surface area contributed by atoms with Crippen LogP contribution in [0.2, 0.25) is 0 Å². The second-order valence-electron chi connectivity index (χ2n) is 9.07. The normalized spacial score (nSPS) is 23.8. The van der Waals surface area contributed by atoms with Gasteiger partial charge < -0.3 is 19.9 Å². The molecule has 2 saturated heterocycles. The SMILES string of the molecule is O=C(c1ccccc1-c1ncc[nH]1)N1CCC2(CC1)CC(O)CN(CC1CC1)C2=O. The number of likely N-dealkylation sites (tertiary alicyclic amines) is 2. The number of aliphatic hydroxyl groups is 1. The molecule has 0 radical (unpaired) electrons. The smallest absolute Gasteiger partial charge is 0.254 e. The minimum Gasteiger partial charge on any atom is -0.391 e. The maximum atomic E-state index is 13.3. The Kier molecular flexibility index (Phi) is 4.85. The van der Waals surface area contributed by atoms with Gasteiger partial charge in [0.2, 0.25) is 5.91 Å². The molecule has 1 unspecified atom stereocenters. The molecule has 3 fully saturated rings. The highest BCUT2D eigenvalue weighted by Crippen LogP contribution is 2.43. The molecule has 2 N–H and O–H groups in total. The number of hydrogen-bond acceptors (Lipinski definition) is 4. The van der Waals surface area contributed by atoms with E-state index in [0.29, 0.717) is 56.2 Å². The second kappa shape index (κ2) is 7.54. The number of rotatable bonds is 4. The van der Waals surface area contributed by atoms with Crippen LogP contribution in [0.1, 0.15) is 42.5 Å². The van der Waals surface area contributed by atoms with Gasteiger partial charge in [-0.1, -0.05) is 18.2 Å². The van der Waals surface area contributed by atoms with Gasteiger partial charge in [0.25, 0.3) is 5.91 Å². The molecule has 2 aliphatic heterocycles. The topological polar surface area (TPSA) is 89.5 Å². The average molecular weight is 409 g/mol. The van der Waals surface area contributed by atoms with Gasteiger partial charge in [0, 0.05) is 44.1 Å². The van der Waals surface area contributed by atoms with Gasteiger partial charge in [-0.15, -0.1) is 0 Å². The van der Waals surface area contributed by atoms with Crippen LogP contribution in [0, 0.1) is 11.3 Å². The van der Waals surface area contributed by atoms with Crippen molar-refractivity contribution in [3.63, 3.8) is 0 Å². The van der Waals surface area contributed by atoms with Crippen molar-refractivity contribution in [1.82, 2.24) is 19.8 Å². The van der Waals surface area contributed by atoms with E-state index in [4.69, 9.17) is 0 Å². The van der Waals surface area contributed by atoms with Gasteiger partial charge in [0.1, 0.15) is 5.82 Å². The summed E-state index contributed by atoms with van der Waals surface area (Å²) in [5, 5.41) is 10.5. The van der Waals surface area contributed by atoms with Gasteiger partial charge in [-0.05, 0) is 44.1 Å². The van der Waals surface area contributed by atoms with E-state index >= 15 is 0 Å². The lowest BCUT2D eigenvalue weighted by atomic mass is 9.70. The van der Waals surface area contributed by atoms with Crippen molar-refractivity contribution in [2.75, 3.05) is 26.2 Å². The Balaban J connectivity index is 1.31. The molecule has 1 spiro atoms. The minimum absolute atomic E-state index is 0.0320. The van der Waals surface area contributed by atoms with Gasteiger partial charge in [-0.3, -0.25) is 9.59 Å². The summed E-state index contributed by atoms with van der Waals surface area (Å²) in [5.74, 6) is 1.43. The first kappa shape index (κ1) is 19.3. The number of benzene rings is 1. The first-order valence-corrected chi connectivity index (χ1v) is 10.9. The molecule has 158 valence electrons. The molecule has 1 atom stereocenters. The molecule has 2 aromatic rings. The molecule has 1 saturated carbocycles. The number of amides is 2. The first-order valence-electron chi connectivity index (χ1n) is 10.9. The van der Waals surface area contributed by atoms with E-state index in [1.807, 2.05) is 34.1 Å². The zero-order chi connectivity index (χ0) is 20.7. The standard InChI is InChI=1S/C23H28N4O3/c28-17-13-23(22(30)27(15-17)14-16-5-6-16)7-11-26(12-8-23)21(29)19-4-2-1-3-18(19)20-24-9-10-25-20/h1-4,9-10,16-17,28H,5-8,11-15H2,(H,24,25). The van der Waals surface area contributed by atoms with Crippen LogP contribution >= 0.6 is 0 Å². The summed E-state index contributed by atoms with van der Waals surface area (Å²) in [7, 11) is 0. The third-order valence-electron chi connectivity index (χ3n) is 6.89. The van der Waals surface area contributed by atoms with Crippen LogP contribution in [0.25, 0.3) is 11.4 Å². The largest absolute Gasteiger partial charge is 0.391 e. The Bertz CT molecular complexity index is 928. The van der Waals surface area contributed by atoms with E-state index in [1.165, 1.54) is 12.8 Å². The Morgan fingerprint density at radius 1 is 1.23 bits per heavy atom. The lowest BCUT2D eigenvalue weighted by Crippen LogP contribution is -2.58. The van der Waals surface area contributed by atoms with Crippen molar-refractivity contribution < 1.29 is 14.7 Å². The van der Waals surface area contributed by atoms with Crippen LogP contribution in [-0.4, -0.2) is 69.0 Å². The molecule has 3 heterocycles. The molecule has 1 aromatic heterocycles. The zero-order valence-corrected chi connectivity index (χ0v) is 17.1. The van der Waals surface area contributed by atoms with Gasteiger partial charge >= 0.3 is 0 Å². The van der Waals surface area contributed by atoms with Crippen LogP contribution in [0.15, 0.2) is 36.7 Å². The fraction of sp³-hybridized carbons (Fsp3) is 0.522. The number of aromatic amines is 1. The average Bonchev–Trinajstić information content (AvgIpc) is 3.40. The molecule has 1 aromatic carbocycles. The summed E-state index contributed by atoms with van der Waals surface area (Å²) in [5.41, 5.74) is 0.880. The molecule has 0 bridgehead atoms. The summed E-state index contributed by atoms with van der Waals surface area (Å²) in [6.07, 6.45) is 7.05. The van der Waals surface area contributed by atoms with Crippen molar-refractivity contribution in [3.8, 4) is 11.4 Å². The molecule has 1 aliphatic carbocycles. The number of nitrogens with one attached hydrogen (secondary N) is 1. The fourth-order valence-electron chi connectivity index (χ4n) is 5.06. The number of piperidine rings is 2. The summed E-state index contributed by atoms with van der Waals surface area (Å²) < 4.78 is 0. The number of aromatic nitrogens is 2. The third-order valence-corrected chi connectivity index (χ3v) is 6.89. The monoisotopic (exact) mass is 408 g/mol. The van der Waals surface area contributed by atoms with Gasteiger partial charge in [0.05, 0.1) is 17.1 Å². The number of H-pyrrole nitrogens is 1. The summed E-state index contributed by atoms with van der Waals surface area (Å²) in [6.45, 7) is 2.29. The summed E-state index contributed by atoms with van der Waals surface area (Å²) >= 11 is 0. The highest BCUT2D eigenvalue weighted by atomic mass is 16.3. The number of β-amino-alcohol motifs (C(OH)–C–C–N with tert-alkyl or cyclic N) is 1. The van der Waals surface area contributed by atoms with E-state index in [1.54, 1.807) is 12.4 Å². The van der Waals surface area contributed by atoms with Crippen molar-refractivity contribution in [2.45, 2.75) is 38.2 Å². The maximum absolute atomic E-state index is 13.3. The Morgan fingerprint density at radius 3 is 2.70 bits per heavy atom. The predicted molar refractivity (Wildman–Crippen MR) is 112 cm³/mol. The van der Waals surface area contributed by atoms with Gasteiger partial charge in [-0.25, -0.2) is 4.98 Å². The van der Waals surface area contributed by atoms with Crippen LogP contribution in [0.3, 0.4) is 0 Å². The lowest BCUT2D eigenvalue weighted by molar-refractivity contribution is -0.156. The molecule has 2 amide bonds. The number of carbonyl (C=O) groups is 2. The number of hydrogen-bond donors (Lipinski definition) is 2. The summed E-state index contributed by atoms with van der Waals surface area (Å²) in [6, 6.07) is 7.49. The highest BCUT2D eigenvalue weighted by Gasteiger charge is 2.49. The Labute approximate surface area is 176 Å². The van der Waals surface area contributed by atoms with Gasteiger partial charge in [0.15, 0.2) is 0 Å². The highest BCUT2D eigenvalue weighted by molar-refractivity contribution is 6.00. The van der Waals surface area contributed by atoms with E-state index < -0.39 is 11.5 Å². The Morgan fingerprint density at radius 2 is 2.00 bits per heavy atom. The molecular weight excluding hydrogens is 380 g/mol. The number of carbonyl (C=O) groups excluding carboxylic acids is 2. The van der Waals surface area contributed by atoms with Crippen LogP contribution < -0.4 is 0 Å². The van der Waals surface area contributed by atoms with E-state index in [-0.39, 0.29) is 11.8 Å². The van der Waals surface area contributed by atoms with E-state index in [2.05, 4.69) is 9.97 Å². The number of imidazole rings is 1. The lowest BCUT2D eigenvalue weighted by Gasteiger charge is -2.48. The van der Waals surface area contributed by atoms with Crippen molar-refractivity contribution in [3.05, 3.63) is 42.2 Å². The van der Waals surface area contributed by atoms with Crippen molar-refractivity contribution in [1.29, 1.82) is 0 Å². The maximum Gasteiger partial charge on any atom is 0.254 e. The molecular formula is C23H28N4O3.